The molecule has 0 rings (SSSR count). The van der Waals surface area contributed by atoms with Crippen LogP contribution in [0.1, 0.15) is 40.5 Å². The SMILES string of the molecule is CCCCS(=O)(=O)NC[C@H](N)C(=O)OC(C)(C)C. The van der Waals surface area contributed by atoms with Crippen LogP contribution in [0.2, 0.25) is 0 Å². The van der Waals surface area contributed by atoms with E-state index < -0.39 is 27.6 Å². The Labute approximate surface area is 109 Å². The second-order valence-electron chi connectivity index (χ2n) is 5.16. The Morgan fingerprint density at radius 2 is 1.94 bits per heavy atom. The van der Waals surface area contributed by atoms with E-state index >= 15 is 0 Å². The molecule has 1 atom stereocenters. The molecule has 0 unspecified atom stereocenters. The molecule has 0 bridgehead atoms. The number of carbonyl (C=O) groups is 1. The molecule has 0 saturated heterocycles. The van der Waals surface area contributed by atoms with Crippen molar-refractivity contribution in [1.29, 1.82) is 0 Å². The summed E-state index contributed by atoms with van der Waals surface area (Å²) in [6.45, 7) is 6.94. The van der Waals surface area contributed by atoms with Gasteiger partial charge in [0.2, 0.25) is 10.0 Å². The first-order valence-electron chi connectivity index (χ1n) is 6.03. The number of hydrogen-bond donors (Lipinski definition) is 2. The number of sulfonamides is 1. The maximum Gasteiger partial charge on any atom is 0.324 e. The maximum atomic E-state index is 11.5. The number of esters is 1. The van der Waals surface area contributed by atoms with Crippen molar-refractivity contribution in [3.05, 3.63) is 0 Å². The summed E-state index contributed by atoms with van der Waals surface area (Å²) < 4.78 is 30.3. The molecule has 0 aliphatic carbocycles. The first-order chi connectivity index (χ1) is 8.07. The minimum atomic E-state index is -3.35. The van der Waals surface area contributed by atoms with Crippen molar-refractivity contribution < 1.29 is 17.9 Å². The fourth-order valence-electron chi connectivity index (χ4n) is 1.08. The second-order valence-corrected chi connectivity index (χ2v) is 7.09. The molecule has 0 fully saturated rings. The molecule has 0 aromatic heterocycles. The van der Waals surface area contributed by atoms with Crippen LogP contribution in [0.3, 0.4) is 0 Å². The first kappa shape index (κ1) is 17.3. The van der Waals surface area contributed by atoms with Crippen LogP contribution in [0.15, 0.2) is 0 Å². The highest BCUT2D eigenvalue weighted by Gasteiger charge is 2.23. The number of unbranched alkanes of at least 4 members (excludes halogenated alkanes) is 1. The van der Waals surface area contributed by atoms with Crippen LogP contribution in [-0.2, 0) is 19.6 Å². The van der Waals surface area contributed by atoms with Gasteiger partial charge in [0.15, 0.2) is 0 Å². The van der Waals surface area contributed by atoms with Crippen LogP contribution in [0, 0.1) is 0 Å². The van der Waals surface area contributed by atoms with Gasteiger partial charge in [-0.25, -0.2) is 13.1 Å². The van der Waals surface area contributed by atoms with E-state index in [1.54, 1.807) is 20.8 Å². The van der Waals surface area contributed by atoms with Gasteiger partial charge >= 0.3 is 5.97 Å². The Morgan fingerprint density at radius 1 is 1.39 bits per heavy atom. The normalized spacial score (nSPS) is 14.3. The van der Waals surface area contributed by atoms with Crippen molar-refractivity contribution in [2.75, 3.05) is 12.3 Å². The first-order valence-corrected chi connectivity index (χ1v) is 7.68. The highest BCUT2D eigenvalue weighted by atomic mass is 32.2. The molecule has 0 radical (unpaired) electrons. The van der Waals surface area contributed by atoms with E-state index in [1.807, 2.05) is 6.92 Å². The summed E-state index contributed by atoms with van der Waals surface area (Å²) in [5.41, 5.74) is 4.93. The number of hydrogen-bond acceptors (Lipinski definition) is 5. The molecule has 0 aromatic rings. The molecular weight excluding hydrogens is 256 g/mol. The molecule has 3 N–H and O–H groups in total. The van der Waals surface area contributed by atoms with Crippen LogP contribution in [0.25, 0.3) is 0 Å². The van der Waals surface area contributed by atoms with Crippen molar-refractivity contribution in [3.63, 3.8) is 0 Å². The molecule has 0 aliphatic heterocycles. The van der Waals surface area contributed by atoms with Gasteiger partial charge in [-0.2, -0.15) is 0 Å². The zero-order valence-corrected chi connectivity index (χ0v) is 12.3. The average Bonchev–Trinajstić information content (AvgIpc) is 2.21. The van der Waals surface area contributed by atoms with Gasteiger partial charge in [-0.3, -0.25) is 4.79 Å². The Balaban J connectivity index is 4.18. The van der Waals surface area contributed by atoms with Crippen molar-refractivity contribution >= 4 is 16.0 Å². The highest BCUT2D eigenvalue weighted by molar-refractivity contribution is 7.89. The molecule has 0 heterocycles. The van der Waals surface area contributed by atoms with E-state index in [-0.39, 0.29) is 12.3 Å². The van der Waals surface area contributed by atoms with Crippen molar-refractivity contribution in [2.45, 2.75) is 52.2 Å². The largest absolute Gasteiger partial charge is 0.459 e. The topological polar surface area (TPSA) is 98.5 Å². The fraction of sp³-hybridized carbons (Fsp3) is 0.909. The van der Waals surface area contributed by atoms with E-state index in [2.05, 4.69) is 4.72 Å². The van der Waals surface area contributed by atoms with Crippen molar-refractivity contribution in [1.82, 2.24) is 4.72 Å². The summed E-state index contributed by atoms with van der Waals surface area (Å²) in [6.07, 6.45) is 1.37. The summed E-state index contributed by atoms with van der Waals surface area (Å²) in [5.74, 6) is -0.564. The predicted molar refractivity (Wildman–Crippen MR) is 70.5 cm³/mol. The van der Waals surface area contributed by atoms with Gasteiger partial charge in [-0.15, -0.1) is 0 Å². The third kappa shape index (κ3) is 8.43. The molecule has 0 aliphatic rings. The van der Waals surface area contributed by atoms with Gasteiger partial charge in [0.05, 0.1) is 5.75 Å². The van der Waals surface area contributed by atoms with Gasteiger partial charge in [0.25, 0.3) is 0 Å². The van der Waals surface area contributed by atoms with E-state index in [9.17, 15) is 13.2 Å². The minimum Gasteiger partial charge on any atom is -0.459 e. The van der Waals surface area contributed by atoms with E-state index in [0.717, 1.165) is 6.42 Å². The Morgan fingerprint density at radius 3 is 2.39 bits per heavy atom. The molecule has 0 amide bonds. The minimum absolute atomic E-state index is 0.0462. The van der Waals surface area contributed by atoms with Gasteiger partial charge in [0, 0.05) is 6.54 Å². The van der Waals surface area contributed by atoms with Crippen LogP contribution in [0.4, 0.5) is 0 Å². The summed E-state index contributed by atoms with van der Waals surface area (Å²) in [7, 11) is -3.35. The number of nitrogens with one attached hydrogen (secondary N) is 1. The Hall–Kier alpha value is -0.660. The van der Waals surface area contributed by atoms with Gasteiger partial charge in [-0.05, 0) is 27.2 Å². The van der Waals surface area contributed by atoms with Gasteiger partial charge in [0.1, 0.15) is 11.6 Å². The average molecular weight is 280 g/mol. The predicted octanol–water partition coefficient (Wildman–Crippen LogP) is 0.375. The van der Waals surface area contributed by atoms with Crippen LogP contribution in [0.5, 0.6) is 0 Å². The van der Waals surface area contributed by atoms with Crippen LogP contribution >= 0.6 is 0 Å². The van der Waals surface area contributed by atoms with Gasteiger partial charge in [-0.1, -0.05) is 13.3 Å². The zero-order chi connectivity index (χ0) is 14.4. The summed E-state index contributed by atoms with van der Waals surface area (Å²) in [6, 6.07) is -0.986. The summed E-state index contributed by atoms with van der Waals surface area (Å²) in [5, 5.41) is 0. The highest BCUT2D eigenvalue weighted by Crippen LogP contribution is 2.07. The molecule has 18 heavy (non-hydrogen) atoms. The lowest BCUT2D eigenvalue weighted by atomic mass is 10.2. The monoisotopic (exact) mass is 280 g/mol. The standard InChI is InChI=1S/C11H24N2O4S/c1-5-6-7-18(15,16)13-8-9(12)10(14)17-11(2,3)4/h9,13H,5-8,12H2,1-4H3/t9-/m0/s1. The molecular formula is C11H24N2O4S. The van der Waals surface area contributed by atoms with Crippen LogP contribution in [-0.4, -0.2) is 38.3 Å². The molecule has 0 saturated carbocycles. The van der Waals surface area contributed by atoms with E-state index in [0.29, 0.717) is 6.42 Å². The maximum absolute atomic E-state index is 11.5. The zero-order valence-electron chi connectivity index (χ0n) is 11.5. The fourth-order valence-corrected chi connectivity index (χ4v) is 2.33. The Bertz CT molecular complexity index is 360. The lowest BCUT2D eigenvalue weighted by Crippen LogP contribution is -2.45. The quantitative estimate of drug-likeness (QED) is 0.657. The van der Waals surface area contributed by atoms with E-state index in [1.165, 1.54) is 0 Å². The molecule has 6 nitrogen and oxygen atoms in total. The molecule has 0 aromatic carbocycles. The third-order valence-electron chi connectivity index (χ3n) is 2.00. The Kier molecular flexibility index (Phi) is 6.80. The number of carbonyl (C=O) groups excluding carboxylic acids is 1. The molecule has 7 heteroatoms. The van der Waals surface area contributed by atoms with E-state index in [4.69, 9.17) is 10.5 Å². The van der Waals surface area contributed by atoms with Crippen LogP contribution < -0.4 is 10.5 Å². The van der Waals surface area contributed by atoms with Crippen molar-refractivity contribution in [3.8, 4) is 0 Å². The van der Waals surface area contributed by atoms with Gasteiger partial charge < -0.3 is 10.5 Å². The summed E-state index contributed by atoms with van der Waals surface area (Å²) in [4.78, 5) is 11.5. The third-order valence-corrected chi connectivity index (χ3v) is 3.43. The second kappa shape index (κ2) is 7.06. The summed E-state index contributed by atoms with van der Waals surface area (Å²) >= 11 is 0. The molecule has 108 valence electrons. The number of nitrogens with two attached hydrogens (primary N) is 1. The molecule has 0 spiro atoms. The van der Waals surface area contributed by atoms with Crippen molar-refractivity contribution in [2.24, 2.45) is 5.73 Å². The number of rotatable bonds is 7. The lowest BCUT2D eigenvalue weighted by Gasteiger charge is -2.22. The lowest BCUT2D eigenvalue weighted by molar-refractivity contribution is -0.156. The smallest absolute Gasteiger partial charge is 0.324 e. The number of ether oxygens (including phenoxy) is 1.